The second-order valence-electron chi connectivity index (χ2n) is 5.71. The van der Waals surface area contributed by atoms with Crippen LogP contribution in [0, 0.1) is 5.92 Å². The maximum atomic E-state index is 10.9. The van der Waals surface area contributed by atoms with Gasteiger partial charge < -0.3 is 20.6 Å². The summed E-state index contributed by atoms with van der Waals surface area (Å²) in [5, 5.41) is 8.95. The zero-order valence-corrected chi connectivity index (χ0v) is 12.2. The molecule has 2 rings (SSSR count). The normalized spacial score (nSPS) is 17.1. The number of carboxylic acids is 1. The van der Waals surface area contributed by atoms with Gasteiger partial charge in [-0.1, -0.05) is 0 Å². The Kier molecular flexibility index (Phi) is 4.49. The number of nitrogen functional groups attached to an aromatic ring is 1. The van der Waals surface area contributed by atoms with E-state index in [9.17, 15) is 4.79 Å². The Hall–Kier alpha value is -1.75. The van der Waals surface area contributed by atoms with Crippen molar-refractivity contribution in [1.29, 1.82) is 0 Å². The van der Waals surface area contributed by atoms with Crippen LogP contribution in [0.25, 0.3) is 0 Å². The second kappa shape index (κ2) is 6.13. The lowest BCUT2D eigenvalue weighted by molar-refractivity contribution is 0.0697. The maximum Gasteiger partial charge on any atom is 0.335 e. The van der Waals surface area contributed by atoms with Crippen LogP contribution in [0.2, 0.25) is 0 Å². The summed E-state index contributed by atoms with van der Waals surface area (Å²) in [7, 11) is 4.17. The fourth-order valence-electron chi connectivity index (χ4n) is 2.77. The molecule has 3 N–H and O–H groups in total. The molecule has 1 aromatic rings. The lowest BCUT2D eigenvalue weighted by Crippen LogP contribution is -2.35. The van der Waals surface area contributed by atoms with Gasteiger partial charge in [0.05, 0.1) is 16.9 Å². The predicted molar refractivity (Wildman–Crippen MR) is 81.3 cm³/mol. The van der Waals surface area contributed by atoms with Gasteiger partial charge in [0, 0.05) is 13.6 Å². The van der Waals surface area contributed by atoms with E-state index in [-0.39, 0.29) is 5.56 Å². The lowest BCUT2D eigenvalue weighted by atomic mass is 9.96. The van der Waals surface area contributed by atoms with Crippen LogP contribution < -0.4 is 10.6 Å². The number of hydrogen-bond donors (Lipinski definition) is 2. The zero-order valence-electron chi connectivity index (χ0n) is 12.2. The number of nitrogens with zero attached hydrogens (tertiary/aromatic N) is 2. The third kappa shape index (κ3) is 3.42. The third-order valence-electron chi connectivity index (χ3n) is 4.06. The zero-order chi connectivity index (χ0) is 14.7. The van der Waals surface area contributed by atoms with Crippen LogP contribution in [0.15, 0.2) is 18.2 Å². The highest BCUT2D eigenvalue weighted by Gasteiger charge is 2.19. The minimum absolute atomic E-state index is 0.235. The Morgan fingerprint density at radius 3 is 2.65 bits per heavy atom. The Balaban J connectivity index is 2.02. The molecule has 1 aromatic carbocycles. The Bertz CT molecular complexity index is 482. The molecule has 0 spiro atoms. The van der Waals surface area contributed by atoms with Crippen molar-refractivity contribution in [3.63, 3.8) is 0 Å². The van der Waals surface area contributed by atoms with E-state index in [1.807, 2.05) is 7.05 Å². The third-order valence-corrected chi connectivity index (χ3v) is 4.06. The van der Waals surface area contributed by atoms with Crippen molar-refractivity contribution in [2.45, 2.75) is 12.8 Å². The van der Waals surface area contributed by atoms with Crippen molar-refractivity contribution in [3.8, 4) is 0 Å². The van der Waals surface area contributed by atoms with Crippen LogP contribution in [0.4, 0.5) is 11.4 Å². The lowest BCUT2D eigenvalue weighted by Gasteiger charge is -2.32. The summed E-state index contributed by atoms with van der Waals surface area (Å²) in [6.45, 7) is 3.25. The molecule has 0 saturated carbocycles. The maximum absolute atomic E-state index is 10.9. The molecule has 5 heteroatoms. The summed E-state index contributed by atoms with van der Waals surface area (Å²) in [4.78, 5) is 15.4. The average molecular weight is 277 g/mol. The fraction of sp³-hybridized carbons (Fsp3) is 0.533. The van der Waals surface area contributed by atoms with Gasteiger partial charge in [0.15, 0.2) is 0 Å². The van der Waals surface area contributed by atoms with Gasteiger partial charge in [-0.25, -0.2) is 4.79 Å². The van der Waals surface area contributed by atoms with Crippen molar-refractivity contribution >= 4 is 17.3 Å². The molecular weight excluding hydrogens is 254 g/mol. The fourth-order valence-corrected chi connectivity index (χ4v) is 2.77. The number of piperidine rings is 1. The van der Waals surface area contributed by atoms with Crippen LogP contribution >= 0.6 is 0 Å². The van der Waals surface area contributed by atoms with Crippen molar-refractivity contribution in [3.05, 3.63) is 23.8 Å². The van der Waals surface area contributed by atoms with Gasteiger partial charge in [-0.05, 0) is 57.1 Å². The average Bonchev–Trinajstić information content (AvgIpc) is 2.41. The van der Waals surface area contributed by atoms with Crippen LogP contribution in [0.3, 0.4) is 0 Å². The van der Waals surface area contributed by atoms with Crippen LogP contribution in [0.5, 0.6) is 0 Å². The molecule has 0 unspecified atom stereocenters. The molecule has 0 amide bonds. The number of likely N-dealkylation sites (tertiary alicyclic amines) is 1. The number of rotatable bonds is 4. The van der Waals surface area contributed by atoms with E-state index in [1.54, 1.807) is 12.1 Å². The molecule has 20 heavy (non-hydrogen) atoms. The first kappa shape index (κ1) is 14.7. The largest absolute Gasteiger partial charge is 0.478 e. The monoisotopic (exact) mass is 277 g/mol. The minimum Gasteiger partial charge on any atom is -0.478 e. The van der Waals surface area contributed by atoms with Crippen molar-refractivity contribution in [2.24, 2.45) is 5.92 Å². The van der Waals surface area contributed by atoms with E-state index in [4.69, 9.17) is 10.8 Å². The predicted octanol–water partition coefficient (Wildman–Crippen LogP) is 1.74. The highest BCUT2D eigenvalue weighted by atomic mass is 16.4. The summed E-state index contributed by atoms with van der Waals surface area (Å²) in [5.74, 6) is -0.268. The van der Waals surface area contributed by atoms with Crippen LogP contribution in [-0.4, -0.2) is 49.7 Å². The summed E-state index contributed by atoms with van der Waals surface area (Å²) < 4.78 is 0. The molecule has 110 valence electrons. The van der Waals surface area contributed by atoms with E-state index in [1.165, 1.54) is 18.9 Å². The van der Waals surface area contributed by atoms with Gasteiger partial charge >= 0.3 is 5.97 Å². The summed E-state index contributed by atoms with van der Waals surface area (Å²) in [6, 6.07) is 4.94. The number of benzene rings is 1. The van der Waals surface area contributed by atoms with Gasteiger partial charge in [-0.3, -0.25) is 0 Å². The Labute approximate surface area is 120 Å². The molecule has 1 heterocycles. The van der Waals surface area contributed by atoms with Crippen LogP contribution in [-0.2, 0) is 0 Å². The first-order valence-corrected chi connectivity index (χ1v) is 7.00. The number of carboxylic acid groups (broad SMARTS) is 1. The van der Waals surface area contributed by atoms with Gasteiger partial charge in [0.25, 0.3) is 0 Å². The van der Waals surface area contributed by atoms with Gasteiger partial charge in [-0.15, -0.1) is 0 Å². The van der Waals surface area contributed by atoms with E-state index in [2.05, 4.69) is 16.8 Å². The number of hydrogen-bond acceptors (Lipinski definition) is 4. The molecule has 1 aliphatic rings. The van der Waals surface area contributed by atoms with E-state index < -0.39 is 5.97 Å². The van der Waals surface area contributed by atoms with Crippen molar-refractivity contribution < 1.29 is 9.90 Å². The van der Waals surface area contributed by atoms with E-state index in [0.29, 0.717) is 11.6 Å². The van der Waals surface area contributed by atoms with Gasteiger partial charge in [0.1, 0.15) is 0 Å². The summed E-state index contributed by atoms with van der Waals surface area (Å²) >= 11 is 0. The minimum atomic E-state index is -0.943. The molecule has 5 nitrogen and oxygen atoms in total. The molecule has 0 aliphatic carbocycles. The second-order valence-corrected chi connectivity index (χ2v) is 5.71. The molecule has 0 aromatic heterocycles. The highest BCUT2D eigenvalue weighted by molar-refractivity contribution is 5.90. The van der Waals surface area contributed by atoms with Gasteiger partial charge in [-0.2, -0.15) is 0 Å². The number of aromatic carboxylic acids is 1. The Morgan fingerprint density at radius 2 is 2.10 bits per heavy atom. The first-order chi connectivity index (χ1) is 9.47. The highest BCUT2D eigenvalue weighted by Crippen LogP contribution is 2.26. The van der Waals surface area contributed by atoms with E-state index in [0.717, 1.165) is 25.3 Å². The van der Waals surface area contributed by atoms with Gasteiger partial charge in [0.2, 0.25) is 0 Å². The molecule has 1 saturated heterocycles. The summed E-state index contributed by atoms with van der Waals surface area (Å²) in [6.07, 6.45) is 2.40. The van der Waals surface area contributed by atoms with Crippen molar-refractivity contribution in [2.75, 3.05) is 44.4 Å². The molecule has 0 radical (unpaired) electrons. The Morgan fingerprint density at radius 1 is 1.45 bits per heavy atom. The molecule has 1 aliphatic heterocycles. The number of nitrogens with two attached hydrogens (primary N) is 1. The number of carbonyl (C=O) groups is 1. The SMILES string of the molecule is CN1CCC(CN(C)c2ccc(C(=O)O)cc2N)CC1. The molecule has 0 atom stereocenters. The molecule has 0 bridgehead atoms. The van der Waals surface area contributed by atoms with Crippen LogP contribution in [0.1, 0.15) is 23.2 Å². The topological polar surface area (TPSA) is 69.8 Å². The number of anilines is 2. The molecular formula is C15H23N3O2. The standard InChI is InChI=1S/C15H23N3O2/c1-17-7-5-11(6-8-17)10-18(2)14-4-3-12(15(19)20)9-13(14)16/h3-4,9,11H,5-8,10,16H2,1-2H3,(H,19,20). The van der Waals surface area contributed by atoms with Crippen molar-refractivity contribution in [1.82, 2.24) is 4.90 Å². The van der Waals surface area contributed by atoms with E-state index >= 15 is 0 Å². The first-order valence-electron chi connectivity index (χ1n) is 7.00. The summed E-state index contributed by atoms with van der Waals surface area (Å²) in [5.41, 5.74) is 7.65. The quantitative estimate of drug-likeness (QED) is 0.820. The smallest absolute Gasteiger partial charge is 0.335 e. The molecule has 1 fully saturated rings.